The van der Waals surface area contributed by atoms with Gasteiger partial charge in [-0.05, 0) is 43.7 Å². The van der Waals surface area contributed by atoms with Crippen molar-refractivity contribution in [1.82, 2.24) is 52.2 Å². The molecule has 0 aliphatic carbocycles. The van der Waals surface area contributed by atoms with E-state index in [9.17, 15) is 58.5 Å². The number of aromatic amines is 2. The van der Waals surface area contributed by atoms with Crippen LogP contribution in [0.25, 0.3) is 10.9 Å². The van der Waals surface area contributed by atoms with Crippen LogP contribution in [-0.4, -0.2) is 163 Å². The first kappa shape index (κ1) is 56.7. The Morgan fingerprint density at radius 2 is 1.29 bits per heavy atom. The molecule has 2 heterocycles. The molecule has 1 aromatic carbocycles. The minimum atomic E-state index is -1.79. The lowest BCUT2D eigenvalue weighted by Crippen LogP contribution is -2.61. The van der Waals surface area contributed by atoms with Crippen LogP contribution >= 0.6 is 0 Å². The monoisotopic (exact) mass is 984 g/mol. The Morgan fingerprint density at radius 1 is 0.700 bits per heavy atom. The van der Waals surface area contributed by atoms with Gasteiger partial charge in [0.25, 0.3) is 0 Å². The van der Waals surface area contributed by atoms with Gasteiger partial charge in [0.1, 0.15) is 42.3 Å². The Morgan fingerprint density at radius 3 is 1.89 bits per heavy atom. The third kappa shape index (κ3) is 17.8. The number of nitrogens with zero attached hydrogens (tertiary/aromatic N) is 2. The molecule has 70 heavy (non-hydrogen) atoms. The number of aromatic nitrogens is 3. The number of nitrogens with one attached hydrogen (secondary N) is 9. The molecule has 0 spiro atoms. The number of carbonyl (C=O) groups excluding carboxylic acids is 7. The highest BCUT2D eigenvalue weighted by molar-refractivity contribution is 5.98. The summed E-state index contributed by atoms with van der Waals surface area (Å²) in [6, 6.07) is -4.81. The third-order valence-electron chi connectivity index (χ3n) is 11.1. The van der Waals surface area contributed by atoms with Crippen LogP contribution in [0.3, 0.4) is 0 Å². The third-order valence-corrected chi connectivity index (χ3v) is 11.1. The molecule has 384 valence electrons. The van der Waals surface area contributed by atoms with E-state index in [0.717, 1.165) is 6.92 Å². The van der Waals surface area contributed by atoms with E-state index in [1.807, 2.05) is 5.32 Å². The van der Waals surface area contributed by atoms with Crippen molar-refractivity contribution in [1.29, 1.82) is 0 Å². The van der Waals surface area contributed by atoms with Gasteiger partial charge >= 0.3 is 11.9 Å². The number of carboxylic acids is 2. The van der Waals surface area contributed by atoms with Crippen molar-refractivity contribution in [2.24, 2.45) is 28.1 Å². The molecular weight excluding hydrogens is 921 g/mol. The number of aliphatic carboxylic acids is 2. The summed E-state index contributed by atoms with van der Waals surface area (Å²) in [6.45, 7) is 2.86. The van der Waals surface area contributed by atoms with Gasteiger partial charge in [-0.2, -0.15) is 0 Å². The number of carbonyl (C=O) groups is 9. The molecule has 0 fully saturated rings. The van der Waals surface area contributed by atoms with Crippen molar-refractivity contribution in [2.75, 3.05) is 19.8 Å². The van der Waals surface area contributed by atoms with Crippen LogP contribution in [0.1, 0.15) is 64.1 Å². The van der Waals surface area contributed by atoms with E-state index in [2.05, 4.69) is 51.8 Å². The second-order valence-corrected chi connectivity index (χ2v) is 16.4. The summed E-state index contributed by atoms with van der Waals surface area (Å²) in [6.07, 6.45) is 3.65. The molecule has 0 radical (unpaired) electrons. The molecule has 3 rings (SSSR count). The maximum Gasteiger partial charge on any atom is 0.328 e. The van der Waals surface area contributed by atoms with E-state index < -0.39 is 134 Å². The SMILES string of the molecule is CC[C@H](C)[C@H](NC(=O)[C@@H](N)CCCN=C(N)N)C(=O)N[C@@H](Cc1cnc[nH]1)C(=O)N[C@@H](Cc1c[nH]c2ccccc12)C(=O)N[C@@H](CCC(=O)O)C(=O)N[C@@H](CO)C(=O)N[C@@H](C)C(=O)N[C@@H](CO)C(=O)O. The standard InChI is InChI=1S/C43H64N14O13/c1-4-21(2)34(57-36(63)26(44)9-7-13-48-43(45)46)41(68)54-30(15-24-17-47-20-50-24)39(66)53-29(14-23-16-49-27-10-6-5-8-25(23)27)38(65)52-28(11-12-33(60)61)37(64)55-31(18-58)40(67)51-22(3)35(62)56-32(19-59)42(69)70/h5-6,8,10,16-17,20-22,26,28-32,34,49,58-59H,4,7,9,11-15,18-19,44H2,1-3H3,(H,47,50)(H,51,67)(H,52,65)(H,53,66)(H,54,68)(H,55,64)(H,56,62)(H,57,63)(H,60,61)(H,69,70)(H4,45,46,48)/t21-,22-,26-,28-,29-,30-,31-,32-,34-/m0/s1. The molecule has 3 aromatic rings. The molecule has 27 heteroatoms. The van der Waals surface area contributed by atoms with E-state index in [0.29, 0.717) is 35.0 Å². The van der Waals surface area contributed by atoms with E-state index in [-0.39, 0.29) is 31.8 Å². The smallest absolute Gasteiger partial charge is 0.328 e. The Labute approximate surface area is 401 Å². The van der Waals surface area contributed by atoms with Gasteiger partial charge in [-0.1, -0.05) is 38.5 Å². The summed E-state index contributed by atoms with van der Waals surface area (Å²) in [4.78, 5) is 132. The fourth-order valence-corrected chi connectivity index (χ4v) is 6.84. The number of hydrogen-bond acceptors (Lipinski definition) is 14. The number of aliphatic hydroxyl groups is 2. The molecule has 7 amide bonds. The van der Waals surface area contributed by atoms with Crippen LogP contribution in [0.2, 0.25) is 0 Å². The summed E-state index contributed by atoms with van der Waals surface area (Å²) in [5, 5.41) is 55.5. The topological polar surface area (TPSA) is 454 Å². The van der Waals surface area contributed by atoms with Gasteiger partial charge in [0.15, 0.2) is 5.96 Å². The largest absolute Gasteiger partial charge is 0.481 e. The number of aliphatic hydroxyl groups excluding tert-OH is 2. The summed E-state index contributed by atoms with van der Waals surface area (Å²) in [5.41, 5.74) is 18.5. The molecule has 27 nitrogen and oxygen atoms in total. The number of hydrogen-bond donors (Lipinski definition) is 16. The van der Waals surface area contributed by atoms with E-state index >= 15 is 0 Å². The first-order chi connectivity index (χ1) is 33.2. The highest BCUT2D eigenvalue weighted by Crippen LogP contribution is 2.20. The number of rotatable bonds is 30. The highest BCUT2D eigenvalue weighted by atomic mass is 16.4. The van der Waals surface area contributed by atoms with Crippen molar-refractivity contribution in [3.8, 4) is 0 Å². The number of nitrogens with two attached hydrogens (primary N) is 3. The predicted octanol–water partition coefficient (Wildman–Crippen LogP) is -4.55. The Balaban J connectivity index is 1.93. The van der Waals surface area contributed by atoms with Crippen molar-refractivity contribution < 1.29 is 63.6 Å². The maximum atomic E-state index is 14.5. The molecular formula is C43H64N14O13. The van der Waals surface area contributed by atoms with Gasteiger partial charge in [-0.25, -0.2) is 9.78 Å². The predicted molar refractivity (Wildman–Crippen MR) is 250 cm³/mol. The maximum absolute atomic E-state index is 14.5. The van der Waals surface area contributed by atoms with Gasteiger partial charge in [0.2, 0.25) is 41.4 Å². The number of para-hydroxylation sites is 1. The summed E-state index contributed by atoms with van der Waals surface area (Å²) in [5.74, 6) is -10.2. The van der Waals surface area contributed by atoms with Crippen molar-refractivity contribution in [2.45, 2.75) is 114 Å². The average Bonchev–Trinajstić information content (AvgIpc) is 4.00. The van der Waals surface area contributed by atoms with Crippen molar-refractivity contribution in [3.05, 3.63) is 54.2 Å². The van der Waals surface area contributed by atoms with E-state index in [4.69, 9.17) is 22.3 Å². The Kier molecular flexibility index (Phi) is 22.7. The summed E-state index contributed by atoms with van der Waals surface area (Å²) >= 11 is 0. The second kappa shape index (κ2) is 28.0. The molecule has 0 bridgehead atoms. The number of aliphatic imine (C=N–C) groups is 1. The van der Waals surface area contributed by atoms with Gasteiger partial charge in [-0.3, -0.25) is 43.3 Å². The van der Waals surface area contributed by atoms with E-state index in [1.165, 1.54) is 12.5 Å². The molecule has 9 atom stereocenters. The molecule has 2 aromatic heterocycles. The number of amides is 7. The average molecular weight is 985 g/mol. The first-order valence-corrected chi connectivity index (χ1v) is 22.3. The van der Waals surface area contributed by atoms with Gasteiger partial charge in [-0.15, -0.1) is 0 Å². The van der Waals surface area contributed by atoms with Crippen LogP contribution in [0.5, 0.6) is 0 Å². The first-order valence-electron chi connectivity index (χ1n) is 22.3. The number of H-pyrrole nitrogens is 2. The fourth-order valence-electron chi connectivity index (χ4n) is 6.84. The number of benzene rings is 1. The molecule has 0 aliphatic rings. The Hall–Kier alpha value is -7.65. The molecule has 0 aliphatic heterocycles. The molecule has 19 N–H and O–H groups in total. The van der Waals surface area contributed by atoms with Crippen LogP contribution in [0.15, 0.2) is 48.0 Å². The highest BCUT2D eigenvalue weighted by Gasteiger charge is 2.35. The van der Waals surface area contributed by atoms with E-state index in [1.54, 1.807) is 44.3 Å². The van der Waals surface area contributed by atoms with Crippen molar-refractivity contribution in [3.63, 3.8) is 0 Å². The van der Waals surface area contributed by atoms with Crippen molar-refractivity contribution >= 4 is 70.2 Å². The van der Waals surface area contributed by atoms with Gasteiger partial charge < -0.3 is 84.8 Å². The molecule has 0 saturated heterocycles. The number of fused-ring (bicyclic) bond motifs is 1. The second-order valence-electron chi connectivity index (χ2n) is 16.4. The molecule has 0 unspecified atom stereocenters. The van der Waals surface area contributed by atoms with Gasteiger partial charge in [0, 0.05) is 54.8 Å². The Bertz CT molecular complexity index is 2300. The van der Waals surface area contributed by atoms with Crippen LogP contribution in [-0.2, 0) is 56.0 Å². The lowest BCUT2D eigenvalue weighted by atomic mass is 9.96. The minimum absolute atomic E-state index is 0.123. The zero-order valence-electron chi connectivity index (χ0n) is 38.9. The zero-order chi connectivity index (χ0) is 52.1. The lowest BCUT2D eigenvalue weighted by Gasteiger charge is -2.29. The normalized spacial score (nSPS) is 14.9. The van der Waals surface area contributed by atoms with Crippen LogP contribution in [0, 0.1) is 5.92 Å². The molecule has 0 saturated carbocycles. The quantitative estimate of drug-likeness (QED) is 0.0170. The summed E-state index contributed by atoms with van der Waals surface area (Å²) in [7, 11) is 0. The lowest BCUT2D eigenvalue weighted by molar-refractivity contribution is -0.143. The fraction of sp³-hybridized carbons (Fsp3) is 0.512. The van der Waals surface area contributed by atoms with Crippen LogP contribution in [0.4, 0.5) is 0 Å². The number of guanidine groups is 1. The zero-order valence-corrected chi connectivity index (χ0v) is 38.9. The number of carboxylic acid groups (broad SMARTS) is 2. The van der Waals surface area contributed by atoms with Gasteiger partial charge in [0.05, 0.1) is 25.6 Å². The minimum Gasteiger partial charge on any atom is -0.481 e. The van der Waals surface area contributed by atoms with Crippen LogP contribution < -0.4 is 54.4 Å². The number of imidazole rings is 1. The summed E-state index contributed by atoms with van der Waals surface area (Å²) < 4.78 is 0.